The van der Waals surface area contributed by atoms with Gasteiger partial charge in [0.2, 0.25) is 0 Å². The smallest absolute Gasteiger partial charge is 0.0779 e. The molecular weight excluding hydrogens is 238 g/mol. The van der Waals surface area contributed by atoms with E-state index in [1.54, 1.807) is 0 Å². The monoisotopic (exact) mass is 263 g/mol. The molecule has 2 aliphatic rings. The van der Waals surface area contributed by atoms with E-state index >= 15 is 0 Å². The van der Waals surface area contributed by atoms with Crippen LogP contribution in [-0.4, -0.2) is 21.5 Å². The van der Waals surface area contributed by atoms with E-state index in [9.17, 15) is 0 Å². The van der Waals surface area contributed by atoms with Crippen LogP contribution in [0.2, 0.25) is 0 Å². The molecule has 1 aromatic heterocycles. The molecule has 1 aliphatic heterocycles. The second kappa shape index (κ2) is 4.91. The van der Waals surface area contributed by atoms with Crippen LogP contribution in [0.25, 0.3) is 0 Å². The fourth-order valence-electron chi connectivity index (χ4n) is 3.81. The highest BCUT2D eigenvalue weighted by Gasteiger charge is 2.42. The first-order valence-electron chi connectivity index (χ1n) is 7.54. The lowest BCUT2D eigenvalue weighted by Crippen LogP contribution is -2.27. The first-order chi connectivity index (χ1) is 9.13. The number of aromatic nitrogens is 2. The fourth-order valence-corrected chi connectivity index (χ4v) is 3.81. The van der Waals surface area contributed by atoms with Gasteiger partial charge in [-0.1, -0.05) is 12.8 Å². The Morgan fingerprint density at radius 1 is 1.32 bits per heavy atom. The molecular formula is C15H25N3O. The largest absolute Gasteiger partial charge is 0.370 e. The Balaban J connectivity index is 1.69. The number of hydrogen-bond acceptors (Lipinski definition) is 3. The fraction of sp³-hybridized carbons (Fsp3) is 0.800. The van der Waals surface area contributed by atoms with Crippen molar-refractivity contribution in [1.29, 1.82) is 0 Å². The van der Waals surface area contributed by atoms with E-state index in [2.05, 4.69) is 16.7 Å². The summed E-state index contributed by atoms with van der Waals surface area (Å²) >= 11 is 0. The first-order valence-corrected chi connectivity index (χ1v) is 7.54. The van der Waals surface area contributed by atoms with Crippen molar-refractivity contribution in [2.75, 3.05) is 0 Å². The average molecular weight is 263 g/mol. The Morgan fingerprint density at radius 3 is 2.68 bits per heavy atom. The van der Waals surface area contributed by atoms with Crippen LogP contribution in [-0.2, 0) is 17.8 Å². The summed E-state index contributed by atoms with van der Waals surface area (Å²) < 4.78 is 8.45. The number of ether oxygens (including phenoxy) is 1. The van der Waals surface area contributed by atoms with Gasteiger partial charge in [0, 0.05) is 17.8 Å². The average Bonchev–Trinajstić information content (AvgIpc) is 3.06. The molecule has 1 atom stereocenters. The van der Waals surface area contributed by atoms with Crippen molar-refractivity contribution in [3.8, 4) is 0 Å². The number of rotatable bonds is 3. The summed E-state index contributed by atoms with van der Waals surface area (Å²) in [5, 5.41) is 4.62. The summed E-state index contributed by atoms with van der Waals surface area (Å²) in [6, 6.07) is 0. The van der Waals surface area contributed by atoms with Gasteiger partial charge in [-0.2, -0.15) is 5.10 Å². The molecule has 1 saturated carbocycles. The van der Waals surface area contributed by atoms with E-state index in [0.29, 0.717) is 12.6 Å². The van der Waals surface area contributed by atoms with Gasteiger partial charge in [0.15, 0.2) is 0 Å². The van der Waals surface area contributed by atoms with E-state index in [0.717, 1.165) is 12.2 Å². The third-order valence-electron chi connectivity index (χ3n) is 4.97. The predicted molar refractivity (Wildman–Crippen MR) is 74.9 cm³/mol. The summed E-state index contributed by atoms with van der Waals surface area (Å²) in [6.07, 6.45) is 7.94. The standard InChI is InChI=1S/C15H25N3O/c1-11-14(9-16)12(2)18(17-11)10-13-5-8-15(19-13)6-3-4-7-15/h13H,3-10,16H2,1-2H3. The van der Waals surface area contributed by atoms with Crippen LogP contribution in [0, 0.1) is 13.8 Å². The summed E-state index contributed by atoms with van der Waals surface area (Å²) in [7, 11) is 0. The van der Waals surface area contributed by atoms with Gasteiger partial charge < -0.3 is 10.5 Å². The molecule has 2 N–H and O–H groups in total. The number of nitrogens with two attached hydrogens (primary N) is 1. The molecule has 19 heavy (non-hydrogen) atoms. The highest BCUT2D eigenvalue weighted by atomic mass is 16.5. The van der Waals surface area contributed by atoms with E-state index in [-0.39, 0.29) is 5.60 Å². The number of aryl methyl sites for hydroxylation is 1. The molecule has 1 unspecified atom stereocenters. The normalized spacial score (nSPS) is 25.5. The summed E-state index contributed by atoms with van der Waals surface area (Å²) in [6.45, 7) is 5.61. The summed E-state index contributed by atoms with van der Waals surface area (Å²) in [5.74, 6) is 0. The molecule has 2 heterocycles. The van der Waals surface area contributed by atoms with Gasteiger partial charge in [-0.15, -0.1) is 0 Å². The van der Waals surface area contributed by atoms with Gasteiger partial charge in [-0.25, -0.2) is 0 Å². The lowest BCUT2D eigenvalue weighted by molar-refractivity contribution is -0.0431. The van der Waals surface area contributed by atoms with Gasteiger partial charge in [0.1, 0.15) is 0 Å². The van der Waals surface area contributed by atoms with Crippen molar-refractivity contribution in [3.05, 3.63) is 17.0 Å². The Morgan fingerprint density at radius 2 is 2.05 bits per heavy atom. The lowest BCUT2D eigenvalue weighted by Gasteiger charge is -2.24. The summed E-state index contributed by atoms with van der Waals surface area (Å²) in [5.41, 5.74) is 9.46. The van der Waals surface area contributed by atoms with Gasteiger partial charge in [0.25, 0.3) is 0 Å². The molecule has 2 fully saturated rings. The van der Waals surface area contributed by atoms with Gasteiger partial charge in [-0.3, -0.25) is 4.68 Å². The van der Waals surface area contributed by atoms with Crippen molar-refractivity contribution < 1.29 is 4.74 Å². The van der Waals surface area contributed by atoms with Crippen LogP contribution in [0.15, 0.2) is 0 Å². The zero-order chi connectivity index (χ0) is 13.5. The molecule has 1 spiro atoms. The maximum atomic E-state index is 6.36. The quantitative estimate of drug-likeness (QED) is 0.911. The first kappa shape index (κ1) is 13.1. The molecule has 1 aromatic rings. The lowest BCUT2D eigenvalue weighted by atomic mass is 9.98. The predicted octanol–water partition coefficient (Wildman–Crippen LogP) is 2.45. The van der Waals surface area contributed by atoms with Gasteiger partial charge >= 0.3 is 0 Å². The van der Waals surface area contributed by atoms with Crippen molar-refractivity contribution in [2.45, 2.75) is 77.2 Å². The minimum Gasteiger partial charge on any atom is -0.370 e. The maximum absolute atomic E-state index is 6.36. The molecule has 0 aromatic carbocycles. The highest BCUT2D eigenvalue weighted by Crippen LogP contribution is 2.43. The van der Waals surface area contributed by atoms with Crippen molar-refractivity contribution in [1.82, 2.24) is 9.78 Å². The van der Waals surface area contributed by atoms with Crippen LogP contribution in [0.5, 0.6) is 0 Å². The van der Waals surface area contributed by atoms with Crippen LogP contribution in [0.1, 0.15) is 55.5 Å². The molecule has 106 valence electrons. The minimum atomic E-state index is 0.220. The molecule has 0 radical (unpaired) electrons. The molecule has 1 aliphatic carbocycles. The zero-order valence-electron chi connectivity index (χ0n) is 12.1. The molecule has 0 bridgehead atoms. The Hall–Kier alpha value is -0.870. The van der Waals surface area contributed by atoms with E-state index in [4.69, 9.17) is 10.5 Å². The second-order valence-corrected chi connectivity index (χ2v) is 6.20. The Bertz CT molecular complexity index is 460. The van der Waals surface area contributed by atoms with Crippen LogP contribution < -0.4 is 5.73 Å². The molecule has 0 amide bonds. The van der Waals surface area contributed by atoms with Crippen molar-refractivity contribution in [2.24, 2.45) is 5.73 Å². The van der Waals surface area contributed by atoms with Crippen molar-refractivity contribution in [3.63, 3.8) is 0 Å². The molecule has 4 nitrogen and oxygen atoms in total. The SMILES string of the molecule is Cc1nn(CC2CCC3(CCCC3)O2)c(C)c1CN. The number of hydrogen-bond donors (Lipinski definition) is 1. The minimum absolute atomic E-state index is 0.220. The van der Waals surface area contributed by atoms with Crippen LogP contribution in [0.4, 0.5) is 0 Å². The second-order valence-electron chi connectivity index (χ2n) is 6.20. The van der Waals surface area contributed by atoms with Crippen LogP contribution in [0.3, 0.4) is 0 Å². The highest BCUT2D eigenvalue weighted by molar-refractivity contribution is 5.24. The maximum Gasteiger partial charge on any atom is 0.0779 e. The third kappa shape index (κ3) is 2.32. The molecule has 4 heteroatoms. The molecule has 3 rings (SSSR count). The van der Waals surface area contributed by atoms with Gasteiger partial charge in [0.05, 0.1) is 23.9 Å². The zero-order valence-corrected chi connectivity index (χ0v) is 12.1. The van der Waals surface area contributed by atoms with E-state index in [1.807, 2.05) is 6.92 Å². The Kier molecular flexibility index (Phi) is 3.39. The summed E-state index contributed by atoms with van der Waals surface area (Å²) in [4.78, 5) is 0. The van der Waals surface area contributed by atoms with E-state index < -0.39 is 0 Å². The van der Waals surface area contributed by atoms with E-state index in [1.165, 1.54) is 49.8 Å². The third-order valence-corrected chi connectivity index (χ3v) is 4.97. The Labute approximate surface area is 115 Å². The molecule has 1 saturated heterocycles. The number of nitrogens with zero attached hydrogens (tertiary/aromatic N) is 2. The van der Waals surface area contributed by atoms with Crippen molar-refractivity contribution >= 4 is 0 Å². The van der Waals surface area contributed by atoms with Gasteiger partial charge in [-0.05, 0) is 39.5 Å². The van der Waals surface area contributed by atoms with Crippen LogP contribution >= 0.6 is 0 Å². The topological polar surface area (TPSA) is 53.1 Å².